The Hall–Kier alpha value is -2.46. The van der Waals surface area contributed by atoms with Crippen LogP contribution in [0.2, 0.25) is 0 Å². The van der Waals surface area contributed by atoms with Gasteiger partial charge in [-0.25, -0.2) is 4.98 Å². The molecular formula is C19H25N5OS. The summed E-state index contributed by atoms with van der Waals surface area (Å²) in [5.74, 6) is 0. The van der Waals surface area contributed by atoms with E-state index in [9.17, 15) is 10.1 Å². The predicted molar refractivity (Wildman–Crippen MR) is 110 cm³/mol. The van der Waals surface area contributed by atoms with Crippen LogP contribution in [0, 0.1) is 11.3 Å². The second kappa shape index (κ2) is 10.5. The number of hydrogen-bond donors (Lipinski definition) is 2. The molecule has 2 N–H and O–H groups in total. The van der Waals surface area contributed by atoms with E-state index in [0.29, 0.717) is 28.4 Å². The minimum absolute atomic E-state index is 0.463. The van der Waals surface area contributed by atoms with Gasteiger partial charge in [0.05, 0.1) is 33.5 Å². The van der Waals surface area contributed by atoms with Crippen LogP contribution in [0.1, 0.15) is 61.2 Å². The van der Waals surface area contributed by atoms with Crippen LogP contribution in [-0.2, 0) is 0 Å². The lowest BCUT2D eigenvalue weighted by Crippen LogP contribution is -2.03. The van der Waals surface area contributed by atoms with Crippen LogP contribution in [0.5, 0.6) is 0 Å². The quantitative estimate of drug-likeness (QED) is 0.256. The molecule has 2 heterocycles. The molecule has 0 saturated carbocycles. The molecule has 138 valence electrons. The van der Waals surface area contributed by atoms with E-state index in [0.717, 1.165) is 29.5 Å². The van der Waals surface area contributed by atoms with Crippen LogP contribution in [0.3, 0.4) is 0 Å². The van der Waals surface area contributed by atoms with Crippen molar-refractivity contribution in [3.8, 4) is 6.07 Å². The number of pyridine rings is 1. The molecule has 0 atom stereocenters. The van der Waals surface area contributed by atoms with Crippen molar-refractivity contribution in [1.29, 1.82) is 5.26 Å². The molecule has 0 aliphatic heterocycles. The number of fused-ring (bicyclic) bond motifs is 1. The summed E-state index contributed by atoms with van der Waals surface area (Å²) in [6, 6.07) is 2.16. The van der Waals surface area contributed by atoms with Gasteiger partial charge in [-0.3, -0.25) is 9.79 Å². The Bertz CT molecular complexity index is 806. The van der Waals surface area contributed by atoms with E-state index in [1.54, 1.807) is 12.5 Å². The first-order valence-corrected chi connectivity index (χ1v) is 9.87. The highest BCUT2D eigenvalue weighted by molar-refractivity contribution is 7.21. The number of aromatic nitrogens is 1. The Kier molecular flexibility index (Phi) is 8.03. The lowest BCUT2D eigenvalue weighted by Gasteiger charge is -2.09. The number of rotatable bonds is 11. The number of carbonyl (C=O) groups is 1. The van der Waals surface area contributed by atoms with Crippen LogP contribution < -0.4 is 10.6 Å². The number of hydrogen-bond acceptors (Lipinski definition) is 6. The van der Waals surface area contributed by atoms with E-state index < -0.39 is 0 Å². The Morgan fingerprint density at radius 1 is 1.27 bits per heavy atom. The molecule has 2 aromatic rings. The molecule has 0 unspecified atom stereocenters. The van der Waals surface area contributed by atoms with Gasteiger partial charge in [-0.2, -0.15) is 5.26 Å². The van der Waals surface area contributed by atoms with Crippen molar-refractivity contribution >= 4 is 45.6 Å². The van der Waals surface area contributed by atoms with Gasteiger partial charge in [0, 0.05) is 19.3 Å². The maximum atomic E-state index is 11.5. The van der Waals surface area contributed by atoms with Crippen molar-refractivity contribution in [3.05, 3.63) is 16.6 Å². The molecule has 0 aromatic carbocycles. The summed E-state index contributed by atoms with van der Waals surface area (Å²) >= 11 is 1.31. The van der Waals surface area contributed by atoms with Crippen molar-refractivity contribution in [2.75, 3.05) is 23.7 Å². The summed E-state index contributed by atoms with van der Waals surface area (Å²) in [6.45, 7) is 5.60. The number of nitrogens with zero attached hydrogens (tertiary/aromatic N) is 3. The van der Waals surface area contributed by atoms with Crippen LogP contribution in [0.15, 0.2) is 11.2 Å². The molecule has 0 spiro atoms. The summed E-state index contributed by atoms with van der Waals surface area (Å²) in [5.41, 5.74) is 1.83. The van der Waals surface area contributed by atoms with E-state index >= 15 is 0 Å². The van der Waals surface area contributed by atoms with Gasteiger partial charge >= 0.3 is 0 Å². The highest BCUT2D eigenvalue weighted by Crippen LogP contribution is 2.39. The fourth-order valence-electron chi connectivity index (χ4n) is 2.73. The van der Waals surface area contributed by atoms with Gasteiger partial charge in [0.15, 0.2) is 6.29 Å². The average molecular weight is 372 g/mol. The summed E-state index contributed by atoms with van der Waals surface area (Å²) < 4.78 is 0. The number of nitrogens with one attached hydrogen (secondary N) is 2. The smallest absolute Gasteiger partial charge is 0.162 e. The standard InChI is InChI=1S/C19H25N5OS/c1-3-5-6-7-8-9-21-13-24-18-15(12-25)26-19-16(18)17(22-4-2)14(10-20)11-23-19/h11-13H,3-9H2,1-2H3,(H,21,24)(H,22,23). The zero-order chi connectivity index (χ0) is 18.8. The summed E-state index contributed by atoms with van der Waals surface area (Å²) in [6.07, 6.45) is 10.00. The van der Waals surface area contributed by atoms with Crippen molar-refractivity contribution in [2.24, 2.45) is 4.99 Å². The molecule has 0 saturated heterocycles. The highest BCUT2D eigenvalue weighted by atomic mass is 32.1. The molecule has 26 heavy (non-hydrogen) atoms. The second-order valence-corrected chi connectivity index (χ2v) is 6.95. The third-order valence-corrected chi connectivity index (χ3v) is 5.04. The number of nitriles is 1. The Morgan fingerprint density at radius 3 is 2.77 bits per heavy atom. The molecule has 0 amide bonds. The summed E-state index contributed by atoms with van der Waals surface area (Å²) in [4.78, 5) is 21.5. The highest BCUT2D eigenvalue weighted by Gasteiger charge is 2.18. The largest absolute Gasteiger partial charge is 0.384 e. The van der Waals surface area contributed by atoms with Crippen molar-refractivity contribution in [2.45, 2.75) is 46.0 Å². The van der Waals surface area contributed by atoms with Gasteiger partial charge in [-0.05, 0) is 13.3 Å². The number of thiophene rings is 1. The van der Waals surface area contributed by atoms with E-state index in [2.05, 4.69) is 33.6 Å². The molecule has 7 heteroatoms. The van der Waals surface area contributed by atoms with Gasteiger partial charge in [0.2, 0.25) is 0 Å². The third kappa shape index (κ3) is 4.79. The fourth-order valence-corrected chi connectivity index (χ4v) is 3.67. The maximum absolute atomic E-state index is 11.5. The van der Waals surface area contributed by atoms with E-state index in [1.165, 1.54) is 37.0 Å². The van der Waals surface area contributed by atoms with Gasteiger partial charge in [-0.15, -0.1) is 11.3 Å². The summed E-state index contributed by atoms with van der Waals surface area (Å²) in [7, 11) is 0. The number of aliphatic imine (C=N–C) groups is 1. The topological polar surface area (TPSA) is 90.2 Å². The Morgan fingerprint density at radius 2 is 2.08 bits per heavy atom. The first-order valence-electron chi connectivity index (χ1n) is 9.06. The van der Waals surface area contributed by atoms with Crippen molar-refractivity contribution < 1.29 is 4.79 Å². The van der Waals surface area contributed by atoms with Crippen molar-refractivity contribution in [1.82, 2.24) is 4.98 Å². The lowest BCUT2D eigenvalue weighted by atomic mass is 10.1. The predicted octanol–water partition coefficient (Wildman–Crippen LogP) is 4.82. The third-order valence-electron chi connectivity index (χ3n) is 4.02. The number of carbonyl (C=O) groups excluding carboxylic acids is 1. The lowest BCUT2D eigenvalue weighted by molar-refractivity contribution is 0.112. The van der Waals surface area contributed by atoms with E-state index in [1.807, 2.05) is 6.92 Å². The molecule has 2 aromatic heterocycles. The van der Waals surface area contributed by atoms with Gasteiger partial charge < -0.3 is 10.6 Å². The van der Waals surface area contributed by atoms with Crippen LogP contribution in [0.25, 0.3) is 10.2 Å². The minimum Gasteiger partial charge on any atom is -0.384 e. The van der Waals surface area contributed by atoms with Crippen LogP contribution >= 0.6 is 11.3 Å². The van der Waals surface area contributed by atoms with Gasteiger partial charge in [0.25, 0.3) is 0 Å². The molecule has 6 nitrogen and oxygen atoms in total. The molecule has 0 bridgehead atoms. The minimum atomic E-state index is 0.463. The molecule has 0 aliphatic carbocycles. The molecule has 0 aliphatic rings. The number of aldehydes is 1. The van der Waals surface area contributed by atoms with Gasteiger partial charge in [-0.1, -0.05) is 32.6 Å². The molecule has 0 fully saturated rings. The van der Waals surface area contributed by atoms with Crippen LogP contribution in [0.4, 0.5) is 11.4 Å². The first kappa shape index (κ1) is 19.9. The second-order valence-electron chi connectivity index (χ2n) is 5.92. The number of anilines is 2. The normalized spacial score (nSPS) is 11.0. The Labute approximate surface area is 158 Å². The fraction of sp³-hybridized carbons (Fsp3) is 0.474. The maximum Gasteiger partial charge on any atom is 0.162 e. The molecule has 2 rings (SSSR count). The van der Waals surface area contributed by atoms with Gasteiger partial charge in [0.1, 0.15) is 10.9 Å². The average Bonchev–Trinajstić information content (AvgIpc) is 3.02. The zero-order valence-corrected chi connectivity index (χ0v) is 16.2. The van der Waals surface area contributed by atoms with Crippen molar-refractivity contribution in [3.63, 3.8) is 0 Å². The van der Waals surface area contributed by atoms with Crippen LogP contribution in [-0.4, -0.2) is 30.7 Å². The Balaban J connectivity index is 2.20. The monoisotopic (exact) mass is 371 g/mol. The summed E-state index contributed by atoms with van der Waals surface area (Å²) in [5, 5.41) is 16.5. The zero-order valence-electron chi connectivity index (χ0n) is 15.3. The SMILES string of the molecule is CCCCCCCN=CNc1c(C=O)sc2ncc(C#N)c(NCC)c12. The van der Waals surface area contributed by atoms with E-state index in [-0.39, 0.29) is 0 Å². The first-order chi connectivity index (χ1) is 12.8. The number of unbranched alkanes of at least 4 members (excludes halogenated alkanes) is 4. The molecule has 0 radical (unpaired) electrons. The van der Waals surface area contributed by atoms with E-state index in [4.69, 9.17) is 0 Å². The molecular weight excluding hydrogens is 346 g/mol.